The van der Waals surface area contributed by atoms with E-state index in [2.05, 4.69) is 4.98 Å². The van der Waals surface area contributed by atoms with Crippen molar-refractivity contribution in [2.75, 3.05) is 6.61 Å². The maximum Gasteiger partial charge on any atom is 0.249 e. The molecule has 0 radical (unpaired) electrons. The van der Waals surface area contributed by atoms with E-state index in [1.165, 1.54) is 0 Å². The number of pyridine rings is 1. The summed E-state index contributed by atoms with van der Waals surface area (Å²) in [6.45, 7) is 4.63. The fraction of sp³-hybridized carbons (Fsp3) is 0.571. The molecule has 1 amide bonds. The number of rotatable bonds is 6. The standard InChI is InChI=1S/C14H20N2O2/c1-11(2)18-10-14(17)16(13-6-7-13)9-12-5-3-4-8-15-12/h3-5,8,11,13H,6-7,9-10H2,1-2H3. The molecule has 1 aliphatic carbocycles. The van der Waals surface area contributed by atoms with Crippen LogP contribution in [0, 0.1) is 0 Å². The number of amides is 1. The van der Waals surface area contributed by atoms with Crippen LogP contribution in [0.4, 0.5) is 0 Å². The van der Waals surface area contributed by atoms with E-state index in [4.69, 9.17) is 4.74 Å². The summed E-state index contributed by atoms with van der Waals surface area (Å²) in [5.74, 6) is 0.0665. The van der Waals surface area contributed by atoms with E-state index in [9.17, 15) is 4.79 Å². The highest BCUT2D eigenvalue weighted by molar-refractivity contribution is 5.78. The van der Waals surface area contributed by atoms with Gasteiger partial charge >= 0.3 is 0 Å². The van der Waals surface area contributed by atoms with Crippen molar-refractivity contribution in [3.05, 3.63) is 30.1 Å². The van der Waals surface area contributed by atoms with Gasteiger partial charge in [-0.1, -0.05) is 6.07 Å². The number of hydrogen-bond donors (Lipinski definition) is 0. The van der Waals surface area contributed by atoms with Gasteiger partial charge in [0.1, 0.15) is 6.61 Å². The van der Waals surface area contributed by atoms with Gasteiger partial charge in [-0.2, -0.15) is 0 Å². The minimum absolute atomic E-state index is 0.0665. The van der Waals surface area contributed by atoms with Gasteiger partial charge in [0.2, 0.25) is 5.91 Å². The first kappa shape index (κ1) is 13.0. The summed E-state index contributed by atoms with van der Waals surface area (Å²) in [5, 5.41) is 0. The average Bonchev–Trinajstić information content (AvgIpc) is 3.18. The second kappa shape index (κ2) is 5.96. The van der Waals surface area contributed by atoms with Crippen molar-refractivity contribution in [2.45, 2.75) is 45.4 Å². The first-order valence-electron chi connectivity index (χ1n) is 6.48. The summed E-state index contributed by atoms with van der Waals surface area (Å²) in [7, 11) is 0. The van der Waals surface area contributed by atoms with Crippen molar-refractivity contribution in [3.8, 4) is 0 Å². The Hall–Kier alpha value is -1.42. The molecule has 0 unspecified atom stereocenters. The number of carbonyl (C=O) groups is 1. The predicted octanol–water partition coefficient (Wildman–Crippen LogP) is 2.00. The van der Waals surface area contributed by atoms with Gasteiger partial charge < -0.3 is 9.64 Å². The van der Waals surface area contributed by atoms with E-state index in [1.807, 2.05) is 36.9 Å². The first-order chi connectivity index (χ1) is 8.66. The molecule has 0 aromatic carbocycles. The Morgan fingerprint density at radius 3 is 2.83 bits per heavy atom. The largest absolute Gasteiger partial charge is 0.369 e. The van der Waals surface area contributed by atoms with Crippen LogP contribution in [0.3, 0.4) is 0 Å². The zero-order chi connectivity index (χ0) is 13.0. The average molecular weight is 248 g/mol. The number of ether oxygens (including phenoxy) is 1. The highest BCUT2D eigenvalue weighted by atomic mass is 16.5. The summed E-state index contributed by atoms with van der Waals surface area (Å²) in [4.78, 5) is 18.3. The molecular formula is C14H20N2O2. The molecule has 0 atom stereocenters. The van der Waals surface area contributed by atoms with E-state index in [0.29, 0.717) is 12.6 Å². The lowest BCUT2D eigenvalue weighted by Gasteiger charge is -2.22. The molecule has 1 saturated carbocycles. The molecule has 1 aromatic heterocycles. The van der Waals surface area contributed by atoms with Crippen molar-refractivity contribution in [3.63, 3.8) is 0 Å². The van der Waals surface area contributed by atoms with Crippen molar-refractivity contribution in [1.29, 1.82) is 0 Å². The van der Waals surface area contributed by atoms with Gasteiger partial charge in [0, 0.05) is 12.2 Å². The van der Waals surface area contributed by atoms with Gasteiger partial charge in [0.05, 0.1) is 18.3 Å². The molecule has 98 valence electrons. The molecule has 1 heterocycles. The molecule has 0 aliphatic heterocycles. The maximum absolute atomic E-state index is 12.1. The van der Waals surface area contributed by atoms with Crippen molar-refractivity contribution in [2.24, 2.45) is 0 Å². The van der Waals surface area contributed by atoms with Crippen LogP contribution in [0.15, 0.2) is 24.4 Å². The third-order valence-corrected chi connectivity index (χ3v) is 2.91. The van der Waals surface area contributed by atoms with Crippen LogP contribution in [0.2, 0.25) is 0 Å². The SMILES string of the molecule is CC(C)OCC(=O)N(Cc1ccccn1)C1CC1. The molecule has 4 heteroatoms. The second-order valence-electron chi connectivity index (χ2n) is 4.93. The van der Waals surface area contributed by atoms with Crippen molar-refractivity contribution >= 4 is 5.91 Å². The monoisotopic (exact) mass is 248 g/mol. The van der Waals surface area contributed by atoms with Gasteiger partial charge in [0.25, 0.3) is 0 Å². The Labute approximate surface area is 108 Å². The topological polar surface area (TPSA) is 42.4 Å². The Morgan fingerprint density at radius 1 is 1.50 bits per heavy atom. The van der Waals surface area contributed by atoms with E-state index in [-0.39, 0.29) is 18.6 Å². The minimum atomic E-state index is 0.0665. The van der Waals surface area contributed by atoms with Crippen LogP contribution in [-0.4, -0.2) is 34.5 Å². The molecule has 4 nitrogen and oxygen atoms in total. The quantitative estimate of drug-likeness (QED) is 0.773. The van der Waals surface area contributed by atoms with Crippen LogP contribution < -0.4 is 0 Å². The smallest absolute Gasteiger partial charge is 0.249 e. The Morgan fingerprint density at radius 2 is 2.28 bits per heavy atom. The summed E-state index contributed by atoms with van der Waals surface area (Å²) in [6, 6.07) is 6.17. The van der Waals surface area contributed by atoms with E-state index in [1.54, 1.807) is 6.20 Å². The summed E-state index contributed by atoms with van der Waals surface area (Å²) in [5.41, 5.74) is 0.933. The molecule has 1 aliphatic rings. The lowest BCUT2D eigenvalue weighted by molar-refractivity contribution is -0.138. The molecule has 0 spiro atoms. The number of aromatic nitrogens is 1. The molecule has 0 saturated heterocycles. The lowest BCUT2D eigenvalue weighted by atomic mass is 10.3. The van der Waals surface area contributed by atoms with Gasteiger partial charge in [-0.15, -0.1) is 0 Å². The molecular weight excluding hydrogens is 228 g/mol. The van der Waals surface area contributed by atoms with E-state index < -0.39 is 0 Å². The third-order valence-electron chi connectivity index (χ3n) is 2.91. The number of nitrogens with zero attached hydrogens (tertiary/aromatic N) is 2. The Bertz CT molecular complexity index is 388. The number of carbonyl (C=O) groups excluding carboxylic acids is 1. The van der Waals surface area contributed by atoms with Crippen LogP contribution in [0.1, 0.15) is 32.4 Å². The Kier molecular flexibility index (Phi) is 4.31. The molecule has 1 aromatic rings. The molecule has 0 N–H and O–H groups in total. The van der Waals surface area contributed by atoms with E-state index in [0.717, 1.165) is 18.5 Å². The van der Waals surface area contributed by atoms with Gasteiger partial charge in [-0.25, -0.2) is 0 Å². The summed E-state index contributed by atoms with van der Waals surface area (Å²) in [6.07, 6.45) is 4.04. The maximum atomic E-state index is 12.1. The van der Waals surface area contributed by atoms with Crippen LogP contribution in [0.5, 0.6) is 0 Å². The molecule has 1 fully saturated rings. The fourth-order valence-corrected chi connectivity index (χ4v) is 1.79. The lowest BCUT2D eigenvalue weighted by Crippen LogP contribution is -2.36. The highest BCUT2D eigenvalue weighted by Crippen LogP contribution is 2.28. The van der Waals surface area contributed by atoms with Crippen molar-refractivity contribution < 1.29 is 9.53 Å². The van der Waals surface area contributed by atoms with Gasteiger partial charge in [-0.3, -0.25) is 9.78 Å². The van der Waals surface area contributed by atoms with Gasteiger partial charge in [-0.05, 0) is 38.8 Å². The zero-order valence-electron chi connectivity index (χ0n) is 11.0. The zero-order valence-corrected chi connectivity index (χ0v) is 11.0. The second-order valence-corrected chi connectivity index (χ2v) is 4.93. The third kappa shape index (κ3) is 3.81. The fourth-order valence-electron chi connectivity index (χ4n) is 1.79. The normalized spacial score (nSPS) is 14.8. The minimum Gasteiger partial charge on any atom is -0.369 e. The predicted molar refractivity (Wildman–Crippen MR) is 68.9 cm³/mol. The highest BCUT2D eigenvalue weighted by Gasteiger charge is 2.32. The van der Waals surface area contributed by atoms with Crippen LogP contribution >= 0.6 is 0 Å². The molecule has 2 rings (SSSR count). The van der Waals surface area contributed by atoms with Crippen LogP contribution in [0.25, 0.3) is 0 Å². The Balaban J connectivity index is 1.94. The first-order valence-corrected chi connectivity index (χ1v) is 6.48. The molecule has 0 bridgehead atoms. The van der Waals surface area contributed by atoms with Gasteiger partial charge in [0.15, 0.2) is 0 Å². The molecule has 18 heavy (non-hydrogen) atoms. The van der Waals surface area contributed by atoms with Crippen molar-refractivity contribution in [1.82, 2.24) is 9.88 Å². The van der Waals surface area contributed by atoms with E-state index >= 15 is 0 Å². The summed E-state index contributed by atoms with van der Waals surface area (Å²) < 4.78 is 5.39. The van der Waals surface area contributed by atoms with Crippen LogP contribution in [-0.2, 0) is 16.1 Å². The number of hydrogen-bond acceptors (Lipinski definition) is 3. The summed E-state index contributed by atoms with van der Waals surface area (Å²) >= 11 is 0.